The van der Waals surface area contributed by atoms with Crippen LogP contribution in [-0.4, -0.2) is 0 Å². The van der Waals surface area contributed by atoms with Crippen molar-refractivity contribution in [1.82, 2.24) is 0 Å². The summed E-state index contributed by atoms with van der Waals surface area (Å²) < 4.78 is 0. The van der Waals surface area contributed by atoms with Gasteiger partial charge in [-0.3, -0.25) is 0 Å². The van der Waals surface area contributed by atoms with Crippen molar-refractivity contribution in [1.29, 1.82) is 0 Å². The molecule has 0 radical (unpaired) electrons. The summed E-state index contributed by atoms with van der Waals surface area (Å²) in [4.78, 5) is 0. The lowest BCUT2D eigenvalue weighted by Gasteiger charge is -2.16. The molecule has 0 bridgehead atoms. The van der Waals surface area contributed by atoms with Gasteiger partial charge in [-0.1, -0.05) is 92.2 Å². The molecule has 1 heteroatoms. The molecule has 4 aromatic rings. The Kier molecular flexibility index (Phi) is 5.72. The van der Waals surface area contributed by atoms with Gasteiger partial charge in [0.25, 0.3) is 0 Å². The number of aryl methyl sites for hydroxylation is 2. The van der Waals surface area contributed by atoms with Crippen LogP contribution in [0.2, 0.25) is 0 Å². The summed E-state index contributed by atoms with van der Waals surface area (Å²) in [6.07, 6.45) is 0. The van der Waals surface area contributed by atoms with Crippen molar-refractivity contribution in [3.05, 3.63) is 108 Å². The first-order chi connectivity index (χ1) is 14.5. The molecule has 1 N–H and O–H groups in total. The Labute approximate surface area is 180 Å². The Morgan fingerprint density at radius 2 is 1.33 bits per heavy atom. The van der Waals surface area contributed by atoms with Gasteiger partial charge in [0.1, 0.15) is 0 Å². The summed E-state index contributed by atoms with van der Waals surface area (Å²) in [6.45, 7) is 8.75. The van der Waals surface area contributed by atoms with E-state index in [0.29, 0.717) is 5.92 Å². The van der Waals surface area contributed by atoms with Gasteiger partial charge in [0.2, 0.25) is 0 Å². The first-order valence-corrected chi connectivity index (χ1v) is 10.7. The third-order valence-electron chi connectivity index (χ3n) is 5.65. The number of nitrogens with one attached hydrogen (secondary N) is 1. The average molecular weight is 392 g/mol. The van der Waals surface area contributed by atoms with E-state index in [1.807, 2.05) is 0 Å². The molecule has 0 aliphatic rings. The molecule has 0 fully saturated rings. The van der Waals surface area contributed by atoms with Crippen LogP contribution in [0.1, 0.15) is 36.5 Å². The molecule has 0 aromatic heterocycles. The van der Waals surface area contributed by atoms with Crippen LogP contribution in [0.4, 0.5) is 11.4 Å². The third-order valence-corrected chi connectivity index (χ3v) is 5.65. The minimum absolute atomic E-state index is 0.539. The summed E-state index contributed by atoms with van der Waals surface area (Å²) >= 11 is 0. The standard InChI is InChI=1S/C29H29N/c1-20(2)23-11-13-25(14-12-23)27-16-15-26(19-28(27)24-8-6-5-7-9-24)30-29-17-10-21(3)18-22(29)4/h5-20,30H,1-4H3. The van der Waals surface area contributed by atoms with E-state index in [4.69, 9.17) is 0 Å². The van der Waals surface area contributed by atoms with Crippen molar-refractivity contribution >= 4 is 11.4 Å². The lowest BCUT2D eigenvalue weighted by Crippen LogP contribution is -1.95. The average Bonchev–Trinajstić information content (AvgIpc) is 2.76. The van der Waals surface area contributed by atoms with E-state index >= 15 is 0 Å². The zero-order chi connectivity index (χ0) is 21.1. The van der Waals surface area contributed by atoms with Crippen LogP contribution < -0.4 is 5.32 Å². The van der Waals surface area contributed by atoms with Crippen molar-refractivity contribution in [2.75, 3.05) is 5.32 Å². The SMILES string of the molecule is Cc1ccc(Nc2ccc(-c3ccc(C(C)C)cc3)c(-c3ccccc3)c2)c(C)c1. The maximum absolute atomic E-state index is 3.61. The zero-order valence-electron chi connectivity index (χ0n) is 18.2. The summed E-state index contributed by atoms with van der Waals surface area (Å²) in [7, 11) is 0. The number of hydrogen-bond donors (Lipinski definition) is 1. The Balaban J connectivity index is 1.77. The van der Waals surface area contributed by atoms with E-state index in [1.165, 1.54) is 38.9 Å². The maximum atomic E-state index is 3.61. The highest BCUT2D eigenvalue weighted by Crippen LogP contribution is 2.36. The zero-order valence-corrected chi connectivity index (χ0v) is 18.2. The molecular weight excluding hydrogens is 362 g/mol. The van der Waals surface area contributed by atoms with E-state index in [2.05, 4.69) is 124 Å². The Bertz CT molecular complexity index is 1140. The van der Waals surface area contributed by atoms with Crippen LogP contribution >= 0.6 is 0 Å². The topological polar surface area (TPSA) is 12.0 Å². The molecule has 1 nitrogen and oxygen atoms in total. The molecule has 0 saturated heterocycles. The fourth-order valence-corrected chi connectivity index (χ4v) is 3.89. The van der Waals surface area contributed by atoms with E-state index in [9.17, 15) is 0 Å². The van der Waals surface area contributed by atoms with E-state index < -0.39 is 0 Å². The number of benzene rings is 4. The van der Waals surface area contributed by atoms with Crippen molar-refractivity contribution in [2.24, 2.45) is 0 Å². The molecule has 0 spiro atoms. The largest absolute Gasteiger partial charge is 0.355 e. The second kappa shape index (κ2) is 8.59. The molecule has 30 heavy (non-hydrogen) atoms. The maximum Gasteiger partial charge on any atom is 0.0414 e. The van der Waals surface area contributed by atoms with Crippen molar-refractivity contribution in [3.8, 4) is 22.3 Å². The summed E-state index contributed by atoms with van der Waals surface area (Å²) in [5.74, 6) is 0.539. The molecule has 4 rings (SSSR count). The molecule has 0 atom stereocenters. The first kappa shape index (κ1) is 20.0. The number of hydrogen-bond acceptors (Lipinski definition) is 1. The fraction of sp³-hybridized carbons (Fsp3) is 0.172. The molecule has 0 aliphatic heterocycles. The van der Waals surface area contributed by atoms with E-state index in [0.717, 1.165) is 11.4 Å². The van der Waals surface area contributed by atoms with Crippen molar-refractivity contribution < 1.29 is 0 Å². The van der Waals surface area contributed by atoms with Crippen LogP contribution in [0, 0.1) is 13.8 Å². The molecule has 0 aliphatic carbocycles. The van der Waals surface area contributed by atoms with Gasteiger partial charge in [0.05, 0.1) is 0 Å². The monoisotopic (exact) mass is 391 g/mol. The predicted molar refractivity (Wildman–Crippen MR) is 131 cm³/mol. The summed E-state index contributed by atoms with van der Waals surface area (Å²) in [5, 5.41) is 3.61. The fourth-order valence-electron chi connectivity index (χ4n) is 3.89. The van der Waals surface area contributed by atoms with Gasteiger partial charge in [-0.05, 0) is 71.3 Å². The predicted octanol–water partition coefficient (Wildman–Crippen LogP) is 8.50. The smallest absolute Gasteiger partial charge is 0.0414 e. The summed E-state index contributed by atoms with van der Waals surface area (Å²) in [6, 6.07) is 32.8. The van der Waals surface area contributed by atoms with Gasteiger partial charge in [0, 0.05) is 11.4 Å². The van der Waals surface area contributed by atoms with Crippen LogP contribution in [0.15, 0.2) is 91.0 Å². The normalized spacial score (nSPS) is 11.0. The van der Waals surface area contributed by atoms with Crippen molar-refractivity contribution in [2.45, 2.75) is 33.6 Å². The van der Waals surface area contributed by atoms with Crippen LogP contribution in [0.3, 0.4) is 0 Å². The second-order valence-electron chi connectivity index (χ2n) is 8.35. The number of rotatable bonds is 5. The Hall–Kier alpha value is -3.32. The van der Waals surface area contributed by atoms with Gasteiger partial charge in [-0.2, -0.15) is 0 Å². The quantitative estimate of drug-likeness (QED) is 0.359. The highest BCUT2D eigenvalue weighted by Gasteiger charge is 2.10. The van der Waals surface area contributed by atoms with Crippen LogP contribution in [0.5, 0.6) is 0 Å². The minimum atomic E-state index is 0.539. The van der Waals surface area contributed by atoms with Gasteiger partial charge in [0.15, 0.2) is 0 Å². The third kappa shape index (κ3) is 4.31. The minimum Gasteiger partial charge on any atom is -0.355 e. The van der Waals surface area contributed by atoms with Gasteiger partial charge >= 0.3 is 0 Å². The van der Waals surface area contributed by atoms with Crippen LogP contribution in [-0.2, 0) is 0 Å². The van der Waals surface area contributed by atoms with Crippen LogP contribution in [0.25, 0.3) is 22.3 Å². The molecular formula is C29H29N. The van der Waals surface area contributed by atoms with E-state index in [-0.39, 0.29) is 0 Å². The highest BCUT2D eigenvalue weighted by atomic mass is 14.9. The molecule has 0 unspecified atom stereocenters. The molecule has 150 valence electrons. The Morgan fingerprint density at radius 1 is 0.633 bits per heavy atom. The highest BCUT2D eigenvalue weighted by molar-refractivity contribution is 5.86. The molecule has 4 aromatic carbocycles. The lowest BCUT2D eigenvalue weighted by molar-refractivity contribution is 0.867. The van der Waals surface area contributed by atoms with Crippen molar-refractivity contribution in [3.63, 3.8) is 0 Å². The second-order valence-corrected chi connectivity index (χ2v) is 8.35. The Morgan fingerprint density at radius 3 is 2.00 bits per heavy atom. The van der Waals surface area contributed by atoms with E-state index in [1.54, 1.807) is 0 Å². The molecule has 0 heterocycles. The molecule has 0 saturated carbocycles. The van der Waals surface area contributed by atoms with Gasteiger partial charge in [-0.25, -0.2) is 0 Å². The van der Waals surface area contributed by atoms with Gasteiger partial charge < -0.3 is 5.32 Å². The number of anilines is 2. The van der Waals surface area contributed by atoms with Gasteiger partial charge in [-0.15, -0.1) is 0 Å². The first-order valence-electron chi connectivity index (χ1n) is 10.7. The molecule has 0 amide bonds. The lowest BCUT2D eigenvalue weighted by atomic mass is 9.92. The summed E-state index contributed by atoms with van der Waals surface area (Å²) in [5.41, 5.74) is 11.1.